The molecular weight excluding hydrogens is 242 g/mol. The third-order valence-electron chi connectivity index (χ3n) is 2.66. The molecule has 0 unspecified atom stereocenters. The molecule has 0 saturated heterocycles. The summed E-state index contributed by atoms with van der Waals surface area (Å²) in [4.78, 5) is 0. The number of rotatable bonds is 5. The number of nitrogens with two attached hydrogens (primary N) is 1. The summed E-state index contributed by atoms with van der Waals surface area (Å²) in [6, 6.07) is 5.78. The number of aromatic nitrogens is 2. The van der Waals surface area contributed by atoms with E-state index in [4.69, 9.17) is 15.2 Å². The van der Waals surface area contributed by atoms with Crippen LogP contribution in [0.25, 0.3) is 0 Å². The van der Waals surface area contributed by atoms with Gasteiger partial charge in [-0.1, -0.05) is 6.07 Å². The zero-order chi connectivity index (χ0) is 13.8. The second-order valence-electron chi connectivity index (χ2n) is 4.45. The number of benzene rings is 1. The van der Waals surface area contributed by atoms with E-state index in [0.29, 0.717) is 35.6 Å². The van der Waals surface area contributed by atoms with Crippen LogP contribution in [0.15, 0.2) is 30.6 Å². The van der Waals surface area contributed by atoms with Gasteiger partial charge < -0.3 is 15.2 Å². The summed E-state index contributed by atoms with van der Waals surface area (Å²) in [6.07, 6.45) is 3.52. The Morgan fingerprint density at radius 2 is 2.05 bits per heavy atom. The van der Waals surface area contributed by atoms with Crippen LogP contribution in [0.3, 0.4) is 0 Å². The lowest BCUT2D eigenvalue weighted by atomic mass is 10.2. The third-order valence-corrected chi connectivity index (χ3v) is 2.66. The summed E-state index contributed by atoms with van der Waals surface area (Å²) in [5.41, 5.74) is 6.51. The van der Waals surface area contributed by atoms with E-state index in [9.17, 15) is 0 Å². The van der Waals surface area contributed by atoms with Crippen LogP contribution >= 0.6 is 0 Å². The summed E-state index contributed by atoms with van der Waals surface area (Å²) < 4.78 is 13.0. The van der Waals surface area contributed by atoms with Gasteiger partial charge in [-0.25, -0.2) is 0 Å². The van der Waals surface area contributed by atoms with E-state index in [2.05, 4.69) is 18.9 Å². The van der Waals surface area contributed by atoms with E-state index in [1.807, 2.05) is 36.0 Å². The molecular formula is C14H19N3O2. The molecule has 5 heteroatoms. The summed E-state index contributed by atoms with van der Waals surface area (Å²) in [6.45, 7) is 6.60. The first kappa shape index (κ1) is 13.3. The molecule has 2 rings (SSSR count). The quantitative estimate of drug-likeness (QED) is 0.839. The lowest BCUT2D eigenvalue weighted by Crippen LogP contribution is -2.00. The minimum atomic E-state index is 0.296. The summed E-state index contributed by atoms with van der Waals surface area (Å²) >= 11 is 0. The number of hydrogen-bond donors (Lipinski definition) is 1. The van der Waals surface area contributed by atoms with Crippen LogP contribution in [0.2, 0.25) is 0 Å². The van der Waals surface area contributed by atoms with Crippen LogP contribution in [0, 0.1) is 0 Å². The fraction of sp³-hybridized carbons (Fsp3) is 0.357. The number of hydrogen-bond acceptors (Lipinski definition) is 4. The lowest BCUT2D eigenvalue weighted by Gasteiger charge is -2.11. The molecule has 0 aliphatic rings. The van der Waals surface area contributed by atoms with Gasteiger partial charge in [0, 0.05) is 6.04 Å². The minimum absolute atomic E-state index is 0.296. The van der Waals surface area contributed by atoms with Crippen LogP contribution in [-0.4, -0.2) is 16.4 Å². The number of anilines is 1. The van der Waals surface area contributed by atoms with Crippen molar-refractivity contribution < 1.29 is 9.47 Å². The Kier molecular flexibility index (Phi) is 3.94. The Labute approximate surface area is 112 Å². The number of para-hydroxylation sites is 1. The normalized spacial score (nSPS) is 10.7. The highest BCUT2D eigenvalue weighted by Crippen LogP contribution is 2.34. The van der Waals surface area contributed by atoms with Gasteiger partial charge in [0.15, 0.2) is 11.5 Å². The smallest absolute Gasteiger partial charge is 0.165 e. The van der Waals surface area contributed by atoms with Crippen molar-refractivity contribution in [2.75, 3.05) is 12.3 Å². The summed E-state index contributed by atoms with van der Waals surface area (Å²) in [5, 5.41) is 4.22. The van der Waals surface area contributed by atoms with E-state index in [1.54, 1.807) is 6.20 Å². The first-order valence-electron chi connectivity index (χ1n) is 6.35. The van der Waals surface area contributed by atoms with E-state index < -0.39 is 0 Å². The van der Waals surface area contributed by atoms with E-state index in [-0.39, 0.29) is 0 Å². The van der Waals surface area contributed by atoms with Crippen LogP contribution < -0.4 is 15.2 Å². The maximum Gasteiger partial charge on any atom is 0.165 e. The molecule has 0 amide bonds. The Morgan fingerprint density at radius 1 is 1.32 bits per heavy atom. The highest BCUT2D eigenvalue weighted by Gasteiger charge is 2.09. The number of ether oxygens (including phenoxy) is 2. The van der Waals surface area contributed by atoms with Gasteiger partial charge in [0.2, 0.25) is 0 Å². The van der Waals surface area contributed by atoms with Gasteiger partial charge in [-0.05, 0) is 32.9 Å². The molecule has 0 bridgehead atoms. The molecule has 0 fully saturated rings. The molecule has 1 heterocycles. The molecule has 102 valence electrons. The second-order valence-corrected chi connectivity index (χ2v) is 4.45. The first-order chi connectivity index (χ1) is 9.11. The molecule has 0 saturated carbocycles. The zero-order valence-corrected chi connectivity index (χ0v) is 11.5. The molecule has 0 atom stereocenters. The van der Waals surface area contributed by atoms with Gasteiger partial charge in [0.25, 0.3) is 0 Å². The van der Waals surface area contributed by atoms with Crippen molar-refractivity contribution >= 4 is 5.69 Å². The van der Waals surface area contributed by atoms with Crippen molar-refractivity contribution in [3.05, 3.63) is 30.6 Å². The van der Waals surface area contributed by atoms with Crippen molar-refractivity contribution in [1.29, 1.82) is 0 Å². The van der Waals surface area contributed by atoms with Crippen molar-refractivity contribution in [2.45, 2.75) is 26.8 Å². The van der Waals surface area contributed by atoms with Gasteiger partial charge in [-0.15, -0.1) is 0 Å². The predicted octanol–water partition coefficient (Wildman–Crippen LogP) is 3.24. The van der Waals surface area contributed by atoms with Crippen molar-refractivity contribution in [1.82, 2.24) is 9.78 Å². The van der Waals surface area contributed by atoms with E-state index >= 15 is 0 Å². The van der Waals surface area contributed by atoms with E-state index in [1.165, 1.54) is 0 Å². The molecule has 2 aromatic rings. The zero-order valence-electron chi connectivity index (χ0n) is 11.5. The minimum Gasteiger partial charge on any atom is -0.492 e. The molecule has 1 aromatic heterocycles. The van der Waals surface area contributed by atoms with Crippen molar-refractivity contribution in [3.63, 3.8) is 0 Å². The summed E-state index contributed by atoms with van der Waals surface area (Å²) in [7, 11) is 0. The highest BCUT2D eigenvalue weighted by molar-refractivity contribution is 5.63. The van der Waals surface area contributed by atoms with Gasteiger partial charge in [-0.3, -0.25) is 4.68 Å². The Bertz CT molecular complexity index is 549. The molecule has 0 spiro atoms. The maximum atomic E-state index is 6.01. The Morgan fingerprint density at radius 3 is 2.68 bits per heavy atom. The van der Waals surface area contributed by atoms with Crippen molar-refractivity contribution in [3.8, 4) is 17.2 Å². The summed E-state index contributed by atoms with van der Waals surface area (Å²) in [5.74, 6) is 1.87. The monoisotopic (exact) mass is 261 g/mol. The molecule has 5 nitrogen and oxygen atoms in total. The Hall–Kier alpha value is -2.17. The van der Waals surface area contributed by atoms with Crippen molar-refractivity contribution in [2.24, 2.45) is 0 Å². The second kappa shape index (κ2) is 5.65. The first-order valence-corrected chi connectivity index (χ1v) is 6.35. The fourth-order valence-corrected chi connectivity index (χ4v) is 1.68. The molecule has 2 N–H and O–H groups in total. The van der Waals surface area contributed by atoms with Gasteiger partial charge in [0.05, 0.1) is 19.0 Å². The average molecular weight is 261 g/mol. The van der Waals surface area contributed by atoms with Crippen LogP contribution in [0.4, 0.5) is 5.69 Å². The fourth-order valence-electron chi connectivity index (χ4n) is 1.68. The Balaban J connectivity index is 2.20. The number of nitrogens with zero attached hydrogens (tertiary/aromatic N) is 2. The molecule has 0 aliphatic carbocycles. The van der Waals surface area contributed by atoms with Crippen LogP contribution in [-0.2, 0) is 0 Å². The third kappa shape index (κ3) is 2.99. The molecule has 0 radical (unpaired) electrons. The average Bonchev–Trinajstić information content (AvgIpc) is 2.83. The SMILES string of the molecule is CCOc1cccc(Oc2cnn(C(C)C)c2)c1N. The lowest BCUT2D eigenvalue weighted by molar-refractivity contribution is 0.340. The molecule has 1 aromatic carbocycles. The molecule has 0 aliphatic heterocycles. The van der Waals surface area contributed by atoms with Gasteiger partial charge >= 0.3 is 0 Å². The molecule has 19 heavy (non-hydrogen) atoms. The topological polar surface area (TPSA) is 62.3 Å². The predicted molar refractivity (Wildman–Crippen MR) is 74.7 cm³/mol. The van der Waals surface area contributed by atoms with Gasteiger partial charge in [0.1, 0.15) is 11.4 Å². The number of nitrogen functional groups attached to an aromatic ring is 1. The van der Waals surface area contributed by atoms with Gasteiger partial charge in [-0.2, -0.15) is 5.10 Å². The standard InChI is InChI=1S/C14H19N3O2/c1-4-18-12-6-5-7-13(14(12)15)19-11-8-16-17(9-11)10(2)3/h5-10H,4,15H2,1-3H3. The van der Waals surface area contributed by atoms with Crippen LogP contribution in [0.5, 0.6) is 17.2 Å². The van der Waals surface area contributed by atoms with Crippen LogP contribution in [0.1, 0.15) is 26.8 Å². The highest BCUT2D eigenvalue weighted by atomic mass is 16.5. The maximum absolute atomic E-state index is 6.01. The largest absolute Gasteiger partial charge is 0.492 e. The van der Waals surface area contributed by atoms with E-state index in [0.717, 1.165) is 0 Å².